The number of hydrogen-bond acceptors (Lipinski definition) is 9. The molecular weight excluding hydrogens is 723 g/mol. The molecule has 0 aromatic heterocycles. The predicted molar refractivity (Wildman–Crippen MR) is 219 cm³/mol. The molecule has 0 atom stereocenters. The number of benzene rings is 3. The summed E-state index contributed by atoms with van der Waals surface area (Å²) >= 11 is 0. The highest BCUT2D eigenvalue weighted by molar-refractivity contribution is 6.12. The van der Waals surface area contributed by atoms with Crippen molar-refractivity contribution in [1.29, 1.82) is 0 Å². The summed E-state index contributed by atoms with van der Waals surface area (Å²) in [4.78, 5) is 61.7. The van der Waals surface area contributed by atoms with Gasteiger partial charge in [-0.05, 0) is 123 Å². The van der Waals surface area contributed by atoms with Crippen molar-refractivity contribution in [3.05, 3.63) is 114 Å². The van der Waals surface area contributed by atoms with Gasteiger partial charge in [0.1, 0.15) is 17.6 Å². The largest absolute Gasteiger partial charge is 0.494 e. The zero-order chi connectivity index (χ0) is 40.4. The Kier molecular flexibility index (Phi) is 16.4. The van der Waals surface area contributed by atoms with Gasteiger partial charge in [-0.15, -0.1) is 0 Å². The van der Waals surface area contributed by atoms with Gasteiger partial charge >= 0.3 is 11.9 Å². The number of aryl methyl sites for hydroxylation is 1. The van der Waals surface area contributed by atoms with Crippen LogP contribution in [0.1, 0.15) is 98.5 Å². The molecule has 3 aromatic rings. The molecule has 57 heavy (non-hydrogen) atoms. The fourth-order valence-corrected chi connectivity index (χ4v) is 6.64. The average Bonchev–Trinajstić information content (AvgIpc) is 3.54. The van der Waals surface area contributed by atoms with Crippen LogP contribution in [0.15, 0.2) is 97.1 Å². The van der Waals surface area contributed by atoms with Gasteiger partial charge in [0.2, 0.25) is 0 Å². The van der Waals surface area contributed by atoms with E-state index in [1.807, 2.05) is 43.3 Å². The molecule has 2 amide bonds. The van der Waals surface area contributed by atoms with Crippen LogP contribution in [0.4, 0.5) is 0 Å². The first-order valence-corrected chi connectivity index (χ1v) is 20.0. The van der Waals surface area contributed by atoms with E-state index >= 15 is 0 Å². The van der Waals surface area contributed by atoms with E-state index in [0.29, 0.717) is 43.9 Å². The molecule has 10 nitrogen and oxygen atoms in total. The minimum atomic E-state index is -0.570. The molecule has 0 spiro atoms. The minimum Gasteiger partial charge on any atom is -0.494 e. The maximum atomic E-state index is 12.8. The Morgan fingerprint density at radius 2 is 1.40 bits per heavy atom. The first-order chi connectivity index (χ1) is 27.7. The van der Waals surface area contributed by atoms with E-state index < -0.39 is 11.9 Å². The fraction of sp³-hybridized carbons (Fsp3) is 0.383. The Morgan fingerprint density at radius 3 is 2.12 bits per heavy atom. The van der Waals surface area contributed by atoms with Crippen LogP contribution in [0, 0.1) is 6.92 Å². The molecule has 3 aromatic carbocycles. The van der Waals surface area contributed by atoms with Crippen LogP contribution in [0.2, 0.25) is 0 Å². The van der Waals surface area contributed by atoms with Crippen LogP contribution in [-0.4, -0.2) is 66.9 Å². The van der Waals surface area contributed by atoms with Crippen molar-refractivity contribution in [2.75, 3.05) is 26.4 Å². The highest BCUT2D eigenvalue weighted by atomic mass is 16.5. The topological polar surface area (TPSA) is 126 Å². The summed E-state index contributed by atoms with van der Waals surface area (Å²) in [5.74, 6) is -0.0826. The Morgan fingerprint density at radius 1 is 0.754 bits per heavy atom. The van der Waals surface area contributed by atoms with Crippen molar-refractivity contribution in [2.45, 2.75) is 90.1 Å². The van der Waals surface area contributed by atoms with E-state index in [-0.39, 0.29) is 42.3 Å². The summed E-state index contributed by atoms with van der Waals surface area (Å²) in [6.45, 7) is 7.39. The lowest BCUT2D eigenvalue weighted by Crippen LogP contribution is -2.30. The van der Waals surface area contributed by atoms with Gasteiger partial charge in [-0.2, -0.15) is 0 Å². The number of rotatable bonds is 22. The molecule has 0 radical (unpaired) electrons. The number of ether oxygens (including phenoxy) is 4. The normalized spacial score (nSPS) is 14.2. The number of allylic oxidation sites excluding steroid dienone is 1. The Bertz CT molecular complexity index is 1900. The monoisotopic (exact) mass is 775 g/mol. The van der Waals surface area contributed by atoms with Crippen molar-refractivity contribution in [3.8, 4) is 22.6 Å². The second-order valence-corrected chi connectivity index (χ2v) is 14.5. The number of hydrogen-bond donors (Lipinski definition) is 0. The number of carbonyl (C=O) groups excluding carboxylic acids is 5. The molecule has 1 aliphatic heterocycles. The van der Waals surface area contributed by atoms with Crippen molar-refractivity contribution in [1.82, 2.24) is 4.90 Å². The van der Waals surface area contributed by atoms with Gasteiger partial charge in [0.05, 0.1) is 26.2 Å². The Balaban J connectivity index is 0.949. The lowest BCUT2D eigenvalue weighted by molar-refractivity contribution is -0.151. The lowest BCUT2D eigenvalue weighted by Gasteiger charge is -2.21. The molecule has 0 N–H and O–H groups in total. The van der Waals surface area contributed by atoms with Crippen molar-refractivity contribution < 1.29 is 42.9 Å². The van der Waals surface area contributed by atoms with Crippen LogP contribution < -0.4 is 9.47 Å². The molecule has 5 rings (SSSR count). The molecule has 1 saturated carbocycles. The highest BCUT2D eigenvalue weighted by Gasteiger charge is 2.22. The first kappa shape index (κ1) is 42.4. The molecule has 0 bridgehead atoms. The molecule has 1 aliphatic carbocycles. The van der Waals surface area contributed by atoms with Gasteiger partial charge in [-0.25, -0.2) is 4.79 Å². The Hall–Kier alpha value is -5.77. The average molecular weight is 776 g/mol. The van der Waals surface area contributed by atoms with Crippen LogP contribution in [0.3, 0.4) is 0 Å². The molecule has 2 aliphatic rings. The van der Waals surface area contributed by atoms with Gasteiger partial charge in [0, 0.05) is 29.8 Å². The lowest BCUT2D eigenvalue weighted by atomic mass is 9.98. The Labute approximate surface area is 335 Å². The van der Waals surface area contributed by atoms with Gasteiger partial charge in [-0.1, -0.05) is 62.2 Å². The number of ketones is 1. The smallest absolute Gasteiger partial charge is 0.333 e. The van der Waals surface area contributed by atoms with Gasteiger partial charge < -0.3 is 18.9 Å². The number of nitrogens with zero attached hydrogens (tertiary/aromatic N) is 1. The van der Waals surface area contributed by atoms with Crippen LogP contribution in [-0.2, 0) is 28.7 Å². The van der Waals surface area contributed by atoms with E-state index in [9.17, 15) is 24.0 Å². The maximum absolute atomic E-state index is 12.8. The molecule has 10 heteroatoms. The fourth-order valence-electron chi connectivity index (χ4n) is 6.64. The number of esters is 2. The molecule has 300 valence electrons. The summed E-state index contributed by atoms with van der Waals surface area (Å²) < 4.78 is 22.6. The summed E-state index contributed by atoms with van der Waals surface area (Å²) in [5, 5.41) is 0. The summed E-state index contributed by atoms with van der Waals surface area (Å²) in [5.41, 5.74) is 4.69. The number of unbranched alkanes of at least 4 members (excludes halogenated alkanes) is 4. The molecule has 0 unspecified atom stereocenters. The number of amides is 2. The molecular formula is C47H53NO9. The quantitative estimate of drug-likeness (QED) is 0.0323. The van der Waals surface area contributed by atoms with E-state index in [1.54, 1.807) is 36.4 Å². The highest BCUT2D eigenvalue weighted by Crippen LogP contribution is 2.27. The summed E-state index contributed by atoms with van der Waals surface area (Å²) in [6.07, 6.45) is 15.6. The van der Waals surface area contributed by atoms with Gasteiger partial charge in [-0.3, -0.25) is 24.1 Å². The van der Waals surface area contributed by atoms with Crippen molar-refractivity contribution in [3.63, 3.8) is 0 Å². The molecule has 1 fully saturated rings. The van der Waals surface area contributed by atoms with E-state index in [0.717, 1.165) is 79.4 Å². The zero-order valence-electron chi connectivity index (χ0n) is 32.9. The molecule has 1 heterocycles. The number of imide groups is 1. The minimum absolute atomic E-state index is 0.0519. The van der Waals surface area contributed by atoms with Crippen LogP contribution in [0.5, 0.6) is 11.5 Å². The third-order valence-corrected chi connectivity index (χ3v) is 9.96. The van der Waals surface area contributed by atoms with Crippen LogP contribution in [0.25, 0.3) is 17.2 Å². The standard InChI is InChI=1S/C47H53NO9/c1-34-32-39(21-25-43(34)55-30-10-11-31-56-47(53)35(2)33-46(52)57-41-12-6-5-7-13-41)37-17-14-36(15-18-37)16-24-42(49)38-19-22-40(23-20-38)54-29-9-4-3-8-28-48-44(50)26-27-45(48)51/h14-27,32,41H,2-13,28-31,33H2,1H3/b24-16+. The van der Waals surface area contributed by atoms with Gasteiger partial charge in [0.25, 0.3) is 11.8 Å². The predicted octanol–water partition coefficient (Wildman–Crippen LogP) is 8.95. The second kappa shape index (κ2) is 22.1. The maximum Gasteiger partial charge on any atom is 0.333 e. The summed E-state index contributed by atoms with van der Waals surface area (Å²) in [7, 11) is 0. The third-order valence-electron chi connectivity index (χ3n) is 9.96. The third kappa shape index (κ3) is 13.7. The summed E-state index contributed by atoms with van der Waals surface area (Å²) in [6, 6.07) is 21.2. The zero-order valence-corrected chi connectivity index (χ0v) is 32.9. The van der Waals surface area contributed by atoms with Crippen molar-refractivity contribution in [2.24, 2.45) is 0 Å². The van der Waals surface area contributed by atoms with E-state index in [4.69, 9.17) is 18.9 Å². The van der Waals surface area contributed by atoms with E-state index in [1.165, 1.54) is 23.5 Å². The second-order valence-electron chi connectivity index (χ2n) is 14.5. The first-order valence-electron chi connectivity index (χ1n) is 20.0. The van der Waals surface area contributed by atoms with Crippen LogP contribution >= 0.6 is 0 Å². The SMILES string of the molecule is C=C(CC(=O)OC1CCCCC1)C(=O)OCCCCOc1ccc(-c2ccc(/C=C/C(=O)c3ccc(OCCCCCCN4C(=O)C=CC4=O)cc3)cc2)cc1C. The van der Waals surface area contributed by atoms with Crippen molar-refractivity contribution >= 4 is 35.6 Å². The number of carbonyl (C=O) groups is 5. The van der Waals surface area contributed by atoms with E-state index in [2.05, 4.69) is 12.6 Å². The molecule has 0 saturated heterocycles. The van der Waals surface area contributed by atoms with Gasteiger partial charge in [0.15, 0.2) is 5.78 Å².